The minimum Gasteiger partial charge on any atom is -0.310 e. The van der Waals surface area contributed by atoms with Crippen LogP contribution in [0, 0.1) is 0 Å². The first-order valence-electron chi connectivity index (χ1n) is 32.4. The molecule has 15 rings (SSSR count). The molecule has 0 bridgehead atoms. The van der Waals surface area contributed by atoms with Crippen molar-refractivity contribution in [1.29, 1.82) is 0 Å². The van der Waals surface area contributed by atoms with E-state index in [1.807, 2.05) is 0 Å². The Morgan fingerprint density at radius 2 is 0.782 bits per heavy atom. The molecule has 0 radical (unpaired) electrons. The molecule has 5 heterocycles. The highest BCUT2D eigenvalue weighted by atomic mass is 15.2. The number of nitrogens with zero attached hydrogens (tertiary/aromatic N) is 3. The van der Waals surface area contributed by atoms with Crippen molar-refractivity contribution in [3.05, 3.63) is 213 Å². The monoisotopic (exact) mass is 1140 g/mol. The van der Waals surface area contributed by atoms with Crippen molar-refractivity contribution in [3.8, 4) is 22.5 Å². The molecule has 438 valence electrons. The number of hydrogen-bond donors (Lipinski definition) is 0. The van der Waals surface area contributed by atoms with Crippen LogP contribution in [0.4, 0.5) is 17.1 Å². The predicted molar refractivity (Wildman–Crippen MR) is 376 cm³/mol. The molecule has 9 aromatic carbocycles. The molecule has 87 heavy (non-hydrogen) atoms. The predicted octanol–water partition coefficient (Wildman–Crippen LogP) is 20.3. The largest absolute Gasteiger partial charge is 0.310 e. The van der Waals surface area contributed by atoms with E-state index in [1.165, 1.54) is 149 Å². The van der Waals surface area contributed by atoms with Crippen molar-refractivity contribution < 1.29 is 0 Å². The lowest BCUT2D eigenvalue weighted by atomic mass is 9.33. The highest BCUT2D eigenvalue weighted by molar-refractivity contribution is 7.00. The molecular weight excluding hydrogens is 1050 g/mol. The topological polar surface area (TPSA) is 13.1 Å². The molecular formula is C83H88BN3. The minimum atomic E-state index is -0.639. The average molecular weight is 1140 g/mol. The Kier molecular flexibility index (Phi) is 11.2. The number of rotatable bonds is 3. The van der Waals surface area contributed by atoms with Gasteiger partial charge in [-0.1, -0.05) is 242 Å². The van der Waals surface area contributed by atoms with Crippen LogP contribution >= 0.6 is 0 Å². The summed E-state index contributed by atoms with van der Waals surface area (Å²) in [7, 11) is 0. The normalized spacial score (nSPS) is 15.0. The van der Waals surface area contributed by atoms with Crippen LogP contribution in [0.5, 0.6) is 0 Å². The third-order valence-electron chi connectivity index (χ3n) is 21.0. The molecule has 0 atom stereocenters. The van der Waals surface area contributed by atoms with Crippen LogP contribution in [0.1, 0.15) is 207 Å². The van der Waals surface area contributed by atoms with Gasteiger partial charge in [0, 0.05) is 49.8 Å². The summed E-state index contributed by atoms with van der Waals surface area (Å²) in [5.41, 5.74) is 32.3. The van der Waals surface area contributed by atoms with E-state index in [0.717, 1.165) is 11.4 Å². The number of aromatic nitrogens is 2. The zero-order chi connectivity index (χ0) is 61.7. The molecule has 1 aliphatic carbocycles. The summed E-state index contributed by atoms with van der Waals surface area (Å²) >= 11 is 0. The van der Waals surface area contributed by atoms with Crippen LogP contribution < -0.4 is 21.3 Å². The number of anilines is 3. The van der Waals surface area contributed by atoms with Crippen LogP contribution in [0.15, 0.2) is 152 Å². The Hall–Kier alpha value is -7.56. The third-order valence-corrected chi connectivity index (χ3v) is 21.0. The molecule has 0 amide bonds. The lowest BCUT2D eigenvalue weighted by molar-refractivity contribution is 0.583. The van der Waals surface area contributed by atoms with Gasteiger partial charge in [0.2, 0.25) is 0 Å². The molecule has 3 nitrogen and oxygen atoms in total. The molecule has 0 N–H and O–H groups in total. The maximum absolute atomic E-state index is 2.82. The zero-order valence-electron chi connectivity index (χ0n) is 55.9. The molecule has 0 saturated heterocycles. The van der Waals surface area contributed by atoms with Crippen molar-refractivity contribution in [2.24, 2.45) is 0 Å². The van der Waals surface area contributed by atoms with Crippen molar-refractivity contribution >= 4 is 83.8 Å². The Morgan fingerprint density at radius 3 is 1.29 bits per heavy atom. The lowest BCUT2D eigenvalue weighted by Crippen LogP contribution is -2.60. The molecule has 3 aliphatic heterocycles. The fraction of sp³-hybridized carbons (Fsp3) is 0.349. The molecule has 0 saturated carbocycles. The van der Waals surface area contributed by atoms with E-state index in [1.54, 1.807) is 0 Å². The molecule has 4 aliphatic rings. The third kappa shape index (κ3) is 7.74. The molecule has 11 aromatic rings. The van der Waals surface area contributed by atoms with E-state index < -0.39 is 5.41 Å². The second-order valence-corrected chi connectivity index (χ2v) is 34.0. The maximum Gasteiger partial charge on any atom is 0.252 e. The van der Waals surface area contributed by atoms with E-state index in [0.29, 0.717) is 0 Å². The first-order valence-corrected chi connectivity index (χ1v) is 32.4. The summed E-state index contributed by atoms with van der Waals surface area (Å²) in [5, 5.41) is 5.29. The fourth-order valence-electron chi connectivity index (χ4n) is 15.9. The Balaban J connectivity index is 1.15. The van der Waals surface area contributed by atoms with Crippen LogP contribution in [0.2, 0.25) is 0 Å². The summed E-state index contributed by atoms with van der Waals surface area (Å²) < 4.78 is 5.55. The highest BCUT2D eigenvalue weighted by Crippen LogP contribution is 2.63. The van der Waals surface area contributed by atoms with Crippen molar-refractivity contribution in [2.75, 3.05) is 4.90 Å². The summed E-state index contributed by atoms with van der Waals surface area (Å²) in [6.45, 7) is 49.8. The van der Waals surface area contributed by atoms with Gasteiger partial charge in [-0.2, -0.15) is 0 Å². The second-order valence-electron chi connectivity index (χ2n) is 34.0. The molecule has 0 unspecified atom stereocenters. The number of benzene rings is 9. The smallest absolute Gasteiger partial charge is 0.252 e. The molecule has 1 spiro atoms. The zero-order valence-corrected chi connectivity index (χ0v) is 55.9. The summed E-state index contributed by atoms with van der Waals surface area (Å²) in [5.74, 6) is 0. The Labute approximate surface area is 518 Å². The van der Waals surface area contributed by atoms with E-state index in [9.17, 15) is 0 Å². The summed E-state index contributed by atoms with van der Waals surface area (Å²) in [6, 6.07) is 62.2. The van der Waals surface area contributed by atoms with Gasteiger partial charge in [0.25, 0.3) is 6.71 Å². The first kappa shape index (κ1) is 56.0. The lowest BCUT2D eigenvalue weighted by Gasteiger charge is -2.45. The van der Waals surface area contributed by atoms with Gasteiger partial charge in [0.15, 0.2) is 0 Å². The maximum atomic E-state index is 2.82. The molecule has 2 aromatic heterocycles. The van der Waals surface area contributed by atoms with Gasteiger partial charge >= 0.3 is 0 Å². The molecule has 4 heteroatoms. The Bertz CT molecular complexity index is 4690. The average Bonchev–Trinajstić information content (AvgIpc) is 1.54. The van der Waals surface area contributed by atoms with Gasteiger partial charge in [-0.3, -0.25) is 0 Å². The quantitative estimate of drug-likeness (QED) is 0.161. The fourth-order valence-corrected chi connectivity index (χ4v) is 15.9. The van der Waals surface area contributed by atoms with Gasteiger partial charge < -0.3 is 14.0 Å². The Morgan fingerprint density at radius 1 is 0.333 bits per heavy atom. The standard InChI is InChI=1S/C83H88BN3/c1-76(2,3)47-22-29-54(30-23-47)85(55-31-24-48(25-32-55)77(4,5)6)67-39-37-65-75-70(67)58-35-28-51(80(13,14)15)46-69(58)86(75)68-38-36-61-74-71(68)84(65)66-45-53(82(19,20)21)41-60-59-40-52(81(16,17)18)44-64(72(59)87(74)73(60)66)83(61)62-42-49(78(7,8)9)26-33-56(62)57-34-27-50(43-63(57)83)79(10,11)12/h22-46H,1-21H3. The summed E-state index contributed by atoms with van der Waals surface area (Å²) in [4.78, 5) is 2.56. The van der Waals surface area contributed by atoms with Gasteiger partial charge in [-0.25, -0.2) is 0 Å². The van der Waals surface area contributed by atoms with Gasteiger partial charge in [0.1, 0.15) is 0 Å². The van der Waals surface area contributed by atoms with E-state index >= 15 is 0 Å². The van der Waals surface area contributed by atoms with Gasteiger partial charge in [-0.05, 0) is 181 Å². The molecule has 0 fully saturated rings. The summed E-state index contributed by atoms with van der Waals surface area (Å²) in [6.07, 6.45) is 0. The van der Waals surface area contributed by atoms with Crippen molar-refractivity contribution in [2.45, 2.75) is 189 Å². The minimum absolute atomic E-state index is 0.0151. The van der Waals surface area contributed by atoms with Crippen molar-refractivity contribution in [3.63, 3.8) is 0 Å². The number of hydrogen-bond acceptors (Lipinski definition) is 1. The van der Waals surface area contributed by atoms with Gasteiger partial charge in [0.05, 0.1) is 27.7 Å². The highest BCUT2D eigenvalue weighted by Gasteiger charge is 2.55. The van der Waals surface area contributed by atoms with Crippen LogP contribution in [-0.4, -0.2) is 15.8 Å². The van der Waals surface area contributed by atoms with E-state index in [2.05, 4.69) is 311 Å². The SMILES string of the molecule is CC(C)(C)c1ccc(N(c2ccc(C(C)(C)C)cc2)c2ccc3c4c2c2ccc(C(C)(C)C)cc2n4-c2ccc4c5c2B3c2cc(C(C)(C)C)cc3c6cc(C(C)(C)C)cc(c6n-5c23)C42c3cc(C(C)(C)C)ccc3-c3ccc(C(C)(C)C)cc32)cc1. The van der Waals surface area contributed by atoms with Crippen molar-refractivity contribution in [1.82, 2.24) is 9.13 Å². The van der Waals surface area contributed by atoms with Crippen LogP contribution in [0.3, 0.4) is 0 Å². The van der Waals surface area contributed by atoms with Crippen LogP contribution in [-0.2, 0) is 43.3 Å². The van der Waals surface area contributed by atoms with E-state index in [4.69, 9.17) is 0 Å². The van der Waals surface area contributed by atoms with Crippen LogP contribution in [0.25, 0.3) is 66.1 Å². The van der Waals surface area contributed by atoms with Gasteiger partial charge in [-0.15, -0.1) is 0 Å². The van der Waals surface area contributed by atoms with E-state index in [-0.39, 0.29) is 44.6 Å². The number of fused-ring (bicyclic) bond motifs is 14. The first-order chi connectivity index (χ1) is 40.6. The second kappa shape index (κ2) is 17.4.